The Morgan fingerprint density at radius 1 is 0.806 bits per heavy atom. The average molecular weight is 495 g/mol. The number of rotatable bonds is 3. The number of carbonyl (C=O) groups is 1. The van der Waals surface area contributed by atoms with Crippen molar-refractivity contribution in [1.82, 2.24) is 0 Å². The first kappa shape index (κ1) is 27.9. The number of fused-ring (bicyclic) bond motifs is 1. The van der Waals surface area contributed by atoms with Crippen LogP contribution in [0.4, 0.5) is 11.4 Å². The highest BCUT2D eigenvalue weighted by atomic mass is 16.5. The Hall–Kier alpha value is -2.69. The Balaban J connectivity index is 0.000000861. The molecule has 0 bridgehead atoms. The van der Waals surface area contributed by atoms with Gasteiger partial charge >= 0.3 is 0 Å². The lowest BCUT2D eigenvalue weighted by atomic mass is 9.67. The van der Waals surface area contributed by atoms with Gasteiger partial charge in [0.25, 0.3) is 0 Å². The van der Waals surface area contributed by atoms with E-state index >= 15 is 0 Å². The van der Waals surface area contributed by atoms with Gasteiger partial charge in [-0.3, -0.25) is 4.79 Å². The van der Waals surface area contributed by atoms with Gasteiger partial charge in [0, 0.05) is 23.5 Å². The average Bonchev–Trinajstić information content (AvgIpc) is 2.87. The number of nitrogen functional groups attached to an aromatic ring is 2. The zero-order chi connectivity index (χ0) is 26.3. The van der Waals surface area contributed by atoms with E-state index in [1.54, 1.807) is 24.3 Å². The number of anilines is 2. The van der Waals surface area contributed by atoms with Gasteiger partial charge in [0.15, 0.2) is 5.78 Å². The Kier molecular flexibility index (Phi) is 9.69. The molecule has 2 aromatic carbocycles. The number of nitrogens with two attached hydrogens (primary N) is 2. The molecule has 1 heterocycles. The number of carbonyl (C=O) groups excluding carboxylic acids is 1. The maximum atomic E-state index is 13.1. The monoisotopic (exact) mass is 494 g/mol. The molecule has 0 saturated heterocycles. The number of hydrogen-bond acceptors (Lipinski definition) is 5. The van der Waals surface area contributed by atoms with Crippen molar-refractivity contribution in [2.24, 2.45) is 17.8 Å². The number of benzene rings is 2. The minimum absolute atomic E-state index is 0.147. The lowest BCUT2D eigenvalue weighted by Gasteiger charge is -2.45. The topological polar surface area (TPSA) is 87.6 Å². The fourth-order valence-electron chi connectivity index (χ4n) is 6.05. The zero-order valence-corrected chi connectivity index (χ0v) is 22.9. The number of ether oxygens (including phenoxy) is 2. The molecule has 198 valence electrons. The Morgan fingerprint density at radius 3 is 2.00 bits per heavy atom. The van der Waals surface area contributed by atoms with E-state index in [1.165, 1.54) is 38.5 Å². The van der Waals surface area contributed by atoms with Crippen LogP contribution in [-0.4, -0.2) is 11.4 Å². The number of ketones is 1. The highest BCUT2D eigenvalue weighted by Gasteiger charge is 2.44. The van der Waals surface area contributed by atoms with Gasteiger partial charge < -0.3 is 20.9 Å². The Bertz CT molecular complexity index is 983. The fourth-order valence-corrected chi connectivity index (χ4v) is 6.05. The van der Waals surface area contributed by atoms with Gasteiger partial charge in [0.05, 0.1) is 12.0 Å². The van der Waals surface area contributed by atoms with E-state index in [0.29, 0.717) is 40.6 Å². The lowest BCUT2D eigenvalue weighted by Crippen LogP contribution is -2.45. The summed E-state index contributed by atoms with van der Waals surface area (Å²) in [5.74, 6) is 4.53. The summed E-state index contributed by atoms with van der Waals surface area (Å²) >= 11 is 0. The predicted octanol–water partition coefficient (Wildman–Crippen LogP) is 8.42. The van der Waals surface area contributed by atoms with Crippen LogP contribution in [0.15, 0.2) is 36.4 Å². The summed E-state index contributed by atoms with van der Waals surface area (Å²) in [6.45, 7) is 10.4. The zero-order valence-electron chi connectivity index (χ0n) is 22.9. The normalized spacial score (nSPS) is 26.9. The van der Waals surface area contributed by atoms with E-state index in [4.69, 9.17) is 20.9 Å². The van der Waals surface area contributed by atoms with Gasteiger partial charge in [-0.15, -0.1) is 0 Å². The van der Waals surface area contributed by atoms with Crippen molar-refractivity contribution in [1.29, 1.82) is 0 Å². The third-order valence-electron chi connectivity index (χ3n) is 7.92. The van der Waals surface area contributed by atoms with Crippen LogP contribution < -0.4 is 20.9 Å². The van der Waals surface area contributed by atoms with Crippen LogP contribution in [-0.2, 0) is 0 Å². The molecule has 1 spiro atoms. The predicted molar refractivity (Wildman–Crippen MR) is 150 cm³/mol. The van der Waals surface area contributed by atoms with Crippen LogP contribution in [0, 0.1) is 17.8 Å². The van der Waals surface area contributed by atoms with E-state index in [2.05, 4.69) is 6.92 Å². The van der Waals surface area contributed by atoms with Crippen molar-refractivity contribution in [3.63, 3.8) is 0 Å². The third-order valence-corrected chi connectivity index (χ3v) is 7.92. The highest BCUT2D eigenvalue weighted by Crippen LogP contribution is 2.48. The fraction of sp³-hybridized carbons (Fsp3) is 0.581. The van der Waals surface area contributed by atoms with Crippen LogP contribution in [0.1, 0.15) is 103 Å². The summed E-state index contributed by atoms with van der Waals surface area (Å²) in [5, 5.41) is 0. The van der Waals surface area contributed by atoms with Crippen molar-refractivity contribution in [3.8, 4) is 17.2 Å². The van der Waals surface area contributed by atoms with Crippen LogP contribution in [0.25, 0.3) is 0 Å². The summed E-state index contributed by atoms with van der Waals surface area (Å²) < 4.78 is 12.4. The summed E-state index contributed by atoms with van der Waals surface area (Å²) in [5.41, 5.74) is 13.1. The Labute approximate surface area is 217 Å². The number of Topliss-reactive ketones (excluding diaryl/α,β-unsaturated/α-hetero) is 1. The molecule has 0 atom stereocenters. The van der Waals surface area contributed by atoms with Gasteiger partial charge in [-0.1, -0.05) is 47.5 Å². The largest absolute Gasteiger partial charge is 0.486 e. The van der Waals surface area contributed by atoms with Crippen molar-refractivity contribution in [3.05, 3.63) is 42.0 Å². The van der Waals surface area contributed by atoms with Gasteiger partial charge in [-0.25, -0.2) is 0 Å². The molecule has 0 radical (unpaired) electrons. The molecule has 0 unspecified atom stereocenters. The molecular formula is C31H46N2O3. The van der Waals surface area contributed by atoms with Crippen molar-refractivity contribution < 1.29 is 14.3 Å². The third kappa shape index (κ3) is 6.54. The molecule has 5 heteroatoms. The maximum absolute atomic E-state index is 13.1. The second kappa shape index (κ2) is 12.5. The minimum Gasteiger partial charge on any atom is -0.486 e. The SMILES string of the molecule is CC.CC.CC1CCC(C2CCC3(CC2)CC(=O)c2cc(Oc4cc(N)cc(N)c4)ccc2O3)CC1. The van der Waals surface area contributed by atoms with Gasteiger partial charge in [0.2, 0.25) is 0 Å². The molecule has 5 rings (SSSR count). The smallest absolute Gasteiger partial charge is 0.170 e. The highest BCUT2D eigenvalue weighted by molar-refractivity contribution is 6.00. The second-order valence-corrected chi connectivity index (χ2v) is 10.3. The molecule has 1 aliphatic heterocycles. The van der Waals surface area contributed by atoms with Crippen LogP contribution in [0.3, 0.4) is 0 Å². The van der Waals surface area contributed by atoms with E-state index in [0.717, 1.165) is 30.6 Å². The van der Waals surface area contributed by atoms with E-state index in [-0.39, 0.29) is 11.4 Å². The molecular weight excluding hydrogens is 448 g/mol. The first-order valence-corrected chi connectivity index (χ1v) is 14.1. The van der Waals surface area contributed by atoms with Crippen molar-refractivity contribution in [2.45, 2.75) is 98.0 Å². The molecule has 5 nitrogen and oxygen atoms in total. The van der Waals surface area contributed by atoms with Crippen molar-refractivity contribution in [2.75, 3.05) is 11.5 Å². The van der Waals surface area contributed by atoms with E-state index in [9.17, 15) is 4.79 Å². The van der Waals surface area contributed by atoms with Crippen LogP contribution >= 0.6 is 0 Å². The van der Waals surface area contributed by atoms with Gasteiger partial charge in [-0.2, -0.15) is 0 Å². The van der Waals surface area contributed by atoms with Crippen LogP contribution in [0.5, 0.6) is 17.2 Å². The first-order chi connectivity index (χ1) is 17.4. The molecule has 2 fully saturated rings. The quantitative estimate of drug-likeness (QED) is 0.418. The Morgan fingerprint density at radius 2 is 1.39 bits per heavy atom. The van der Waals surface area contributed by atoms with E-state index < -0.39 is 0 Å². The summed E-state index contributed by atoms with van der Waals surface area (Å²) in [7, 11) is 0. The number of hydrogen-bond donors (Lipinski definition) is 2. The molecule has 2 aliphatic carbocycles. The lowest BCUT2D eigenvalue weighted by molar-refractivity contribution is -0.00908. The first-order valence-electron chi connectivity index (χ1n) is 14.1. The molecule has 2 aromatic rings. The van der Waals surface area contributed by atoms with Gasteiger partial charge in [-0.05, 0) is 80.5 Å². The molecule has 36 heavy (non-hydrogen) atoms. The summed E-state index contributed by atoms with van der Waals surface area (Å²) in [6.07, 6.45) is 10.3. The summed E-state index contributed by atoms with van der Waals surface area (Å²) in [6, 6.07) is 10.6. The second-order valence-electron chi connectivity index (χ2n) is 10.3. The maximum Gasteiger partial charge on any atom is 0.170 e. The molecule has 2 saturated carbocycles. The molecule has 3 aliphatic rings. The standard InChI is InChI=1S/C27H34N2O3.2C2H6/c1-17-2-4-18(5-3-17)19-8-10-27(11-9-19)16-25(30)24-15-22(6-7-26(24)32-27)31-23-13-20(28)12-21(29)14-23;2*1-2/h6-7,12-15,17-19H,2-5,8-11,16,28-29H2,1H3;2*1-2H3. The molecule has 0 amide bonds. The van der Waals surface area contributed by atoms with Gasteiger partial charge in [0.1, 0.15) is 22.8 Å². The summed E-state index contributed by atoms with van der Waals surface area (Å²) in [4.78, 5) is 13.1. The minimum atomic E-state index is -0.326. The van der Waals surface area contributed by atoms with Crippen LogP contribution in [0.2, 0.25) is 0 Å². The van der Waals surface area contributed by atoms with Crippen molar-refractivity contribution >= 4 is 17.2 Å². The molecule has 4 N–H and O–H groups in total. The van der Waals surface area contributed by atoms with E-state index in [1.807, 2.05) is 39.8 Å². The molecule has 0 aromatic heterocycles.